The van der Waals surface area contributed by atoms with E-state index in [-0.39, 0.29) is 13.2 Å². The number of carbonyl (C=O) groups excluding carboxylic acids is 1. The Labute approximate surface area is 78.2 Å². The summed E-state index contributed by atoms with van der Waals surface area (Å²) in [6.07, 6.45) is 0.915. The van der Waals surface area contributed by atoms with Crippen LogP contribution in [0, 0.1) is 6.92 Å². The van der Waals surface area contributed by atoms with Crippen LogP contribution in [-0.2, 0) is 14.3 Å². The zero-order valence-electron chi connectivity index (χ0n) is 7.57. The molecule has 1 atom stereocenters. The van der Waals surface area contributed by atoms with E-state index in [1.165, 1.54) is 0 Å². The molecular formula is C9H15O4. The fraction of sp³-hybridized carbons (Fsp3) is 0.556. The van der Waals surface area contributed by atoms with Crippen LogP contribution in [0.3, 0.4) is 0 Å². The van der Waals surface area contributed by atoms with Crippen LogP contribution in [0.5, 0.6) is 0 Å². The molecule has 4 heteroatoms. The summed E-state index contributed by atoms with van der Waals surface area (Å²) in [6.45, 7) is 7.36. The number of hydrogen-bond acceptors (Lipinski definition) is 4. The van der Waals surface area contributed by atoms with Gasteiger partial charge in [0.1, 0.15) is 12.7 Å². The smallest absolute Gasteiger partial charge is 0.330 e. The molecular weight excluding hydrogens is 172 g/mol. The molecule has 0 saturated carbocycles. The highest BCUT2D eigenvalue weighted by atomic mass is 16.5. The summed E-state index contributed by atoms with van der Waals surface area (Å²) in [5.74, 6) is -0.545. The Hall–Kier alpha value is -0.870. The molecule has 1 N–H and O–H groups in total. The molecule has 1 unspecified atom stereocenters. The Bertz CT molecular complexity index is 156. The van der Waals surface area contributed by atoms with Crippen molar-refractivity contribution in [2.45, 2.75) is 12.5 Å². The zero-order chi connectivity index (χ0) is 10.1. The molecule has 0 aliphatic heterocycles. The lowest BCUT2D eigenvalue weighted by atomic mass is 10.4. The third kappa shape index (κ3) is 7.49. The Morgan fingerprint density at radius 3 is 2.77 bits per heavy atom. The molecule has 75 valence electrons. The summed E-state index contributed by atoms with van der Waals surface area (Å²) >= 11 is 0. The van der Waals surface area contributed by atoms with Gasteiger partial charge in [0, 0.05) is 12.7 Å². The second kappa shape index (κ2) is 7.76. The molecule has 0 heterocycles. The van der Waals surface area contributed by atoms with Gasteiger partial charge in [-0.2, -0.15) is 0 Å². The van der Waals surface area contributed by atoms with Crippen LogP contribution in [0.4, 0.5) is 0 Å². The lowest BCUT2D eigenvalue weighted by Crippen LogP contribution is -2.23. The van der Waals surface area contributed by atoms with Gasteiger partial charge in [0.05, 0.1) is 6.61 Å². The zero-order valence-corrected chi connectivity index (χ0v) is 7.57. The van der Waals surface area contributed by atoms with Gasteiger partial charge >= 0.3 is 5.97 Å². The number of ether oxygens (including phenoxy) is 2. The molecule has 4 nitrogen and oxygen atoms in total. The molecule has 0 aliphatic rings. The van der Waals surface area contributed by atoms with E-state index < -0.39 is 12.1 Å². The molecule has 0 aromatic rings. The van der Waals surface area contributed by atoms with E-state index >= 15 is 0 Å². The van der Waals surface area contributed by atoms with Crippen LogP contribution in [0.2, 0.25) is 0 Å². The van der Waals surface area contributed by atoms with Crippen LogP contribution in [0.1, 0.15) is 6.42 Å². The highest BCUT2D eigenvalue weighted by molar-refractivity contribution is 5.81. The predicted molar refractivity (Wildman–Crippen MR) is 48.0 cm³/mol. The average molecular weight is 187 g/mol. The van der Waals surface area contributed by atoms with Crippen LogP contribution >= 0.6 is 0 Å². The van der Waals surface area contributed by atoms with Crippen molar-refractivity contribution in [2.75, 3.05) is 19.8 Å². The summed E-state index contributed by atoms with van der Waals surface area (Å²) in [6, 6.07) is 0. The van der Waals surface area contributed by atoms with Gasteiger partial charge < -0.3 is 14.6 Å². The van der Waals surface area contributed by atoms with Crippen molar-refractivity contribution in [2.24, 2.45) is 0 Å². The molecule has 0 bridgehead atoms. The molecule has 0 saturated heterocycles. The minimum absolute atomic E-state index is 0.0675. The SMILES string of the molecule is [CH2]CCOCC(O)COC(=O)C=C. The third-order valence-corrected chi connectivity index (χ3v) is 1.18. The summed E-state index contributed by atoms with van der Waals surface area (Å²) in [4.78, 5) is 10.5. The van der Waals surface area contributed by atoms with Gasteiger partial charge in [0.15, 0.2) is 0 Å². The molecule has 13 heavy (non-hydrogen) atoms. The summed E-state index contributed by atoms with van der Waals surface area (Å²) in [5.41, 5.74) is 0. The second-order valence-electron chi connectivity index (χ2n) is 2.42. The maximum absolute atomic E-state index is 10.5. The Morgan fingerprint density at radius 1 is 1.54 bits per heavy atom. The molecule has 0 aromatic carbocycles. The van der Waals surface area contributed by atoms with E-state index in [2.05, 4.69) is 18.2 Å². The summed E-state index contributed by atoms with van der Waals surface area (Å²) in [7, 11) is 0. The maximum Gasteiger partial charge on any atom is 0.330 e. The highest BCUT2D eigenvalue weighted by Crippen LogP contribution is 1.90. The third-order valence-electron chi connectivity index (χ3n) is 1.18. The number of carbonyl (C=O) groups is 1. The van der Waals surface area contributed by atoms with Crippen LogP contribution in [-0.4, -0.2) is 37.0 Å². The van der Waals surface area contributed by atoms with E-state index in [0.717, 1.165) is 6.08 Å². The lowest BCUT2D eigenvalue weighted by molar-refractivity contribution is -0.141. The van der Waals surface area contributed by atoms with Crippen molar-refractivity contribution in [3.05, 3.63) is 19.6 Å². The van der Waals surface area contributed by atoms with Gasteiger partial charge in [-0.25, -0.2) is 4.79 Å². The van der Waals surface area contributed by atoms with E-state index in [1.54, 1.807) is 0 Å². The molecule has 0 rings (SSSR count). The maximum atomic E-state index is 10.5. The second-order valence-corrected chi connectivity index (χ2v) is 2.42. The Kier molecular flexibility index (Phi) is 7.24. The minimum Gasteiger partial charge on any atom is -0.460 e. The monoisotopic (exact) mass is 187 g/mol. The van der Waals surface area contributed by atoms with Crippen molar-refractivity contribution < 1.29 is 19.4 Å². The topological polar surface area (TPSA) is 55.8 Å². The minimum atomic E-state index is -0.782. The first kappa shape index (κ1) is 12.1. The van der Waals surface area contributed by atoms with Crippen molar-refractivity contribution in [3.8, 4) is 0 Å². The van der Waals surface area contributed by atoms with Gasteiger partial charge in [0.2, 0.25) is 0 Å². The Balaban J connectivity index is 3.34. The number of aliphatic hydroxyl groups is 1. The van der Waals surface area contributed by atoms with Crippen LogP contribution in [0.15, 0.2) is 12.7 Å². The van der Waals surface area contributed by atoms with Crippen molar-refractivity contribution in [3.63, 3.8) is 0 Å². The largest absolute Gasteiger partial charge is 0.460 e. The van der Waals surface area contributed by atoms with E-state index in [0.29, 0.717) is 13.0 Å². The average Bonchev–Trinajstić information content (AvgIpc) is 2.14. The van der Waals surface area contributed by atoms with Crippen molar-refractivity contribution in [1.29, 1.82) is 0 Å². The van der Waals surface area contributed by atoms with Crippen molar-refractivity contribution in [1.82, 2.24) is 0 Å². The van der Waals surface area contributed by atoms with Gasteiger partial charge in [0.25, 0.3) is 0 Å². The van der Waals surface area contributed by atoms with Gasteiger partial charge in [-0.1, -0.05) is 13.5 Å². The van der Waals surface area contributed by atoms with Gasteiger partial charge in [-0.3, -0.25) is 0 Å². The highest BCUT2D eigenvalue weighted by Gasteiger charge is 2.06. The molecule has 0 spiro atoms. The quantitative estimate of drug-likeness (QED) is 0.354. The van der Waals surface area contributed by atoms with E-state index in [9.17, 15) is 4.79 Å². The fourth-order valence-corrected chi connectivity index (χ4v) is 0.607. The molecule has 0 aliphatic carbocycles. The first-order chi connectivity index (χ1) is 6.20. The number of aliphatic hydroxyl groups excluding tert-OH is 1. The number of rotatable bonds is 7. The van der Waals surface area contributed by atoms with Crippen LogP contribution in [0.25, 0.3) is 0 Å². The van der Waals surface area contributed by atoms with Crippen molar-refractivity contribution >= 4 is 5.97 Å². The number of hydrogen-bond donors (Lipinski definition) is 1. The predicted octanol–water partition coefficient (Wildman–Crippen LogP) is 0.317. The normalized spacial score (nSPS) is 12.2. The molecule has 0 amide bonds. The lowest BCUT2D eigenvalue weighted by Gasteiger charge is -2.10. The first-order valence-electron chi connectivity index (χ1n) is 4.05. The Morgan fingerprint density at radius 2 is 2.23 bits per heavy atom. The van der Waals surface area contributed by atoms with Gasteiger partial charge in [-0.05, 0) is 6.42 Å². The van der Waals surface area contributed by atoms with E-state index in [4.69, 9.17) is 9.84 Å². The summed E-state index contributed by atoms with van der Waals surface area (Å²) in [5, 5.41) is 9.16. The number of esters is 1. The van der Waals surface area contributed by atoms with Gasteiger partial charge in [-0.15, -0.1) is 0 Å². The summed E-state index contributed by atoms with van der Waals surface area (Å²) < 4.78 is 9.56. The van der Waals surface area contributed by atoms with E-state index in [1.807, 2.05) is 0 Å². The molecule has 0 fully saturated rings. The molecule has 1 radical (unpaired) electrons. The standard InChI is InChI=1S/C9H15O4/c1-3-5-12-6-8(10)7-13-9(11)4-2/h4,8,10H,1-3,5-7H2. The van der Waals surface area contributed by atoms with Crippen LogP contribution < -0.4 is 0 Å². The molecule has 0 aromatic heterocycles. The fourth-order valence-electron chi connectivity index (χ4n) is 0.607. The first-order valence-corrected chi connectivity index (χ1v) is 4.05.